The molecule has 1 nitrogen and oxygen atoms in total. The summed E-state index contributed by atoms with van der Waals surface area (Å²) in [4.78, 5) is 0. The van der Waals surface area contributed by atoms with E-state index in [1.54, 1.807) is 0 Å². The predicted octanol–water partition coefficient (Wildman–Crippen LogP) is -6.48. The van der Waals surface area contributed by atoms with Gasteiger partial charge >= 0.3 is 19.5 Å². The van der Waals surface area contributed by atoms with Gasteiger partial charge in [0.05, 0.1) is 0 Å². The van der Waals surface area contributed by atoms with Gasteiger partial charge in [-0.25, -0.2) is 0 Å². The normalized spacial score (nSPS) is 0. The van der Waals surface area contributed by atoms with Gasteiger partial charge in [-0.15, -0.1) is 0 Å². The molecule has 0 saturated heterocycles. The molecule has 0 aliphatic carbocycles. The summed E-state index contributed by atoms with van der Waals surface area (Å²) in [5.41, 5.74) is 0. The van der Waals surface area contributed by atoms with Crippen LogP contribution in [0, 0.1) is 0 Å². The third kappa shape index (κ3) is 10.9. The molecule has 0 amide bonds. The average molecular weight is 150 g/mol. The molecule has 0 bridgehead atoms. The molecule has 0 fully saturated rings. The maximum absolute atomic E-state index is 0. The largest absolute Gasteiger partial charge is 2.00 e. The third-order valence-corrected chi connectivity index (χ3v) is 0. The Morgan fingerprint density at radius 3 is 0.750 bits per heavy atom. The van der Waals surface area contributed by atoms with Crippen molar-refractivity contribution in [3.05, 3.63) is 0 Å². The number of halogens is 2. The first-order chi connectivity index (χ1) is 0. The van der Waals surface area contributed by atoms with E-state index in [1.165, 1.54) is 0 Å². The van der Waals surface area contributed by atoms with Gasteiger partial charge in [0.1, 0.15) is 0 Å². The molecule has 0 heterocycles. The number of rotatable bonds is 0. The Hall–Kier alpha value is 1.16. The number of nitrogens with zero attached hydrogens (tertiary/aromatic N) is 1. The van der Waals surface area contributed by atoms with Gasteiger partial charge in [0.15, 0.2) is 0 Å². The fourth-order valence-corrected chi connectivity index (χ4v) is 0. The van der Waals surface area contributed by atoms with E-state index in [2.05, 4.69) is 0 Å². The molecule has 0 aliphatic heterocycles. The summed E-state index contributed by atoms with van der Waals surface area (Å²) in [6.45, 7) is 0. The second kappa shape index (κ2) is 30.8. The molecule has 4 heavy (non-hydrogen) atoms. The van der Waals surface area contributed by atoms with Crippen LogP contribution < -0.4 is 31.0 Å². The Balaban J connectivity index is 0. The van der Waals surface area contributed by atoms with Gasteiger partial charge in [0.25, 0.3) is 0 Å². The maximum atomic E-state index is 0. The first-order valence-corrected chi connectivity index (χ1v) is 0. The van der Waals surface area contributed by atoms with Crippen molar-refractivity contribution in [3.8, 4) is 0 Å². The summed E-state index contributed by atoms with van der Waals surface area (Å²) in [6, 6.07) is 0. The van der Waals surface area contributed by atoms with Crippen LogP contribution in [0.25, 0.3) is 0 Å². The smallest absolute Gasteiger partial charge is 1.00 e. The van der Waals surface area contributed by atoms with E-state index in [1.807, 2.05) is 0 Å². The van der Waals surface area contributed by atoms with E-state index < -0.39 is 0 Å². The summed E-state index contributed by atoms with van der Waals surface area (Å²) in [6.07, 6.45) is 0. The molecule has 0 atom stereocenters. The molecule has 3 radical (unpaired) electrons. The summed E-state index contributed by atoms with van der Waals surface area (Å²) in [5, 5.41) is 0. The SMILES string of the molecule is [Cl-].[Cl-].[N].[Zn+2]. The van der Waals surface area contributed by atoms with Crippen LogP contribution in [-0.2, 0) is 19.5 Å². The molecular weight excluding hydrogens is 150 g/mol. The Morgan fingerprint density at radius 1 is 0.750 bits per heavy atom. The Morgan fingerprint density at radius 2 is 0.750 bits per heavy atom. The van der Waals surface area contributed by atoms with Gasteiger partial charge in [0.2, 0.25) is 0 Å². The van der Waals surface area contributed by atoms with Crippen molar-refractivity contribution < 1.29 is 44.3 Å². The summed E-state index contributed by atoms with van der Waals surface area (Å²) >= 11 is 0. The second-order valence-electron chi connectivity index (χ2n) is 0. The van der Waals surface area contributed by atoms with Crippen LogP contribution in [0.2, 0.25) is 0 Å². The molecule has 0 spiro atoms. The van der Waals surface area contributed by atoms with Crippen molar-refractivity contribution in [3.63, 3.8) is 0 Å². The van der Waals surface area contributed by atoms with Crippen LogP contribution in [0.4, 0.5) is 0 Å². The first kappa shape index (κ1) is 66.1. The molecule has 0 saturated carbocycles. The zero-order valence-electron chi connectivity index (χ0n) is 1.91. The van der Waals surface area contributed by atoms with E-state index in [4.69, 9.17) is 0 Å². The standard InChI is InChI=1S/2ClH.N.Zn/h2*1H;;/q;;;+2/p-2. The summed E-state index contributed by atoms with van der Waals surface area (Å²) < 4.78 is 0. The average Bonchev–Trinajstić information content (AvgIpc) is 0. The fourth-order valence-electron chi connectivity index (χ4n) is 0. The minimum atomic E-state index is 0. The molecule has 4 heteroatoms. The van der Waals surface area contributed by atoms with Crippen LogP contribution in [0.1, 0.15) is 0 Å². The quantitative estimate of drug-likeness (QED) is 0.308. The van der Waals surface area contributed by atoms with Crippen LogP contribution in [0.15, 0.2) is 0 Å². The number of hydrogen-bond donors (Lipinski definition) is 0. The summed E-state index contributed by atoms with van der Waals surface area (Å²) in [5.74, 6) is 0. The molecule has 0 N–H and O–H groups in total. The molecule has 0 aromatic carbocycles. The second-order valence-corrected chi connectivity index (χ2v) is 0. The van der Waals surface area contributed by atoms with Gasteiger partial charge < -0.3 is 24.8 Å². The molecule has 0 aromatic heterocycles. The molecule has 21 valence electrons. The van der Waals surface area contributed by atoms with E-state index in [0.29, 0.717) is 0 Å². The zero-order chi connectivity index (χ0) is 0. The van der Waals surface area contributed by atoms with E-state index in [0.717, 1.165) is 0 Å². The molecule has 0 rings (SSSR count). The predicted molar refractivity (Wildman–Crippen MR) is 2.13 cm³/mol. The van der Waals surface area contributed by atoms with Gasteiger partial charge in [-0.1, -0.05) is 0 Å². The van der Waals surface area contributed by atoms with Gasteiger partial charge in [-0.2, -0.15) is 0 Å². The summed E-state index contributed by atoms with van der Waals surface area (Å²) in [7, 11) is 0. The molecule has 0 aromatic rings. The van der Waals surface area contributed by atoms with Gasteiger partial charge in [0, 0.05) is 6.15 Å². The van der Waals surface area contributed by atoms with Crippen molar-refractivity contribution in [1.82, 2.24) is 6.15 Å². The van der Waals surface area contributed by atoms with E-state index in [9.17, 15) is 0 Å². The van der Waals surface area contributed by atoms with Crippen molar-refractivity contribution in [1.29, 1.82) is 0 Å². The van der Waals surface area contributed by atoms with Crippen LogP contribution in [0.3, 0.4) is 0 Å². The topological polar surface area (TPSA) is 30.5 Å². The van der Waals surface area contributed by atoms with Crippen LogP contribution in [-0.4, -0.2) is 0 Å². The maximum Gasteiger partial charge on any atom is 2.00 e. The van der Waals surface area contributed by atoms with E-state index in [-0.39, 0.29) is 50.4 Å². The minimum absolute atomic E-state index is 0. The monoisotopic (exact) mass is 148 g/mol. The molecular formula is Cl2NZn. The molecule has 0 aliphatic rings. The van der Waals surface area contributed by atoms with Crippen LogP contribution in [0.5, 0.6) is 0 Å². The minimum Gasteiger partial charge on any atom is -1.00 e. The van der Waals surface area contributed by atoms with Crippen LogP contribution >= 0.6 is 0 Å². The van der Waals surface area contributed by atoms with Gasteiger partial charge in [-0.05, 0) is 0 Å². The Kier molecular flexibility index (Phi) is 509. The van der Waals surface area contributed by atoms with Crippen molar-refractivity contribution in [2.24, 2.45) is 0 Å². The number of hydrogen-bond acceptors (Lipinski definition) is 0. The first-order valence-electron chi connectivity index (χ1n) is 0. The van der Waals surface area contributed by atoms with Crippen molar-refractivity contribution >= 4 is 0 Å². The fraction of sp³-hybridized carbons (Fsp3) is 0. The van der Waals surface area contributed by atoms with E-state index >= 15 is 0 Å². The third-order valence-electron chi connectivity index (χ3n) is 0. The Bertz CT molecular complexity index is 6.00. The zero-order valence-corrected chi connectivity index (χ0v) is 6.39. The van der Waals surface area contributed by atoms with Gasteiger partial charge in [-0.3, -0.25) is 0 Å². The molecule has 0 unspecified atom stereocenters. The van der Waals surface area contributed by atoms with Crippen molar-refractivity contribution in [2.45, 2.75) is 0 Å². The van der Waals surface area contributed by atoms with Crippen molar-refractivity contribution in [2.75, 3.05) is 0 Å². The Labute approximate surface area is 50.7 Å².